The van der Waals surface area contributed by atoms with E-state index in [4.69, 9.17) is 4.74 Å². The molecule has 1 aromatic carbocycles. The predicted octanol–water partition coefficient (Wildman–Crippen LogP) is 4.52. The molecule has 0 amide bonds. The Morgan fingerprint density at radius 2 is 2.05 bits per heavy atom. The maximum atomic E-state index is 5.27. The van der Waals surface area contributed by atoms with E-state index >= 15 is 0 Å². The zero-order chi connectivity index (χ0) is 14.4. The van der Waals surface area contributed by atoms with Gasteiger partial charge in [-0.1, -0.05) is 29.9 Å². The molecule has 2 heteroatoms. The lowest BCUT2D eigenvalue weighted by molar-refractivity contribution is 0.411. The van der Waals surface area contributed by atoms with Crippen molar-refractivity contribution in [1.82, 2.24) is 4.98 Å². The highest BCUT2D eigenvalue weighted by atomic mass is 16.5. The number of aromatic nitrogens is 1. The van der Waals surface area contributed by atoms with Crippen LogP contribution in [0.4, 0.5) is 0 Å². The van der Waals surface area contributed by atoms with Gasteiger partial charge in [0.25, 0.3) is 0 Å². The van der Waals surface area contributed by atoms with Crippen molar-refractivity contribution in [3.8, 4) is 5.75 Å². The number of aryl methyl sites for hydroxylation is 1. The van der Waals surface area contributed by atoms with Crippen LogP contribution < -0.4 is 4.74 Å². The molecule has 2 nitrogen and oxygen atoms in total. The third kappa shape index (κ3) is 3.82. The topological polar surface area (TPSA) is 22.1 Å². The van der Waals surface area contributed by atoms with Gasteiger partial charge in [-0.2, -0.15) is 0 Å². The van der Waals surface area contributed by atoms with E-state index in [2.05, 4.69) is 43.1 Å². The Labute approximate surface area is 120 Å². The van der Waals surface area contributed by atoms with Crippen LogP contribution >= 0.6 is 0 Å². The second kappa shape index (κ2) is 6.71. The van der Waals surface area contributed by atoms with Gasteiger partial charge in [0.15, 0.2) is 0 Å². The molecule has 0 aliphatic carbocycles. The fraction of sp³-hybridized carbons (Fsp3) is 0.167. The van der Waals surface area contributed by atoms with Crippen LogP contribution in [0.3, 0.4) is 0 Å². The van der Waals surface area contributed by atoms with Crippen LogP contribution in [0.1, 0.15) is 23.7 Å². The van der Waals surface area contributed by atoms with Crippen molar-refractivity contribution in [2.24, 2.45) is 0 Å². The number of nitrogens with zero attached hydrogens (tertiary/aromatic N) is 1. The summed E-state index contributed by atoms with van der Waals surface area (Å²) in [5.74, 6) is 0.920. The van der Waals surface area contributed by atoms with Gasteiger partial charge in [-0.3, -0.25) is 4.98 Å². The number of allylic oxidation sites excluding steroid dienone is 2. The second-order valence-electron chi connectivity index (χ2n) is 4.71. The fourth-order valence-corrected chi connectivity index (χ4v) is 1.99. The summed E-state index contributed by atoms with van der Waals surface area (Å²) in [5, 5.41) is 0. The first-order chi connectivity index (χ1) is 9.69. The number of pyridine rings is 1. The first-order valence-electron chi connectivity index (χ1n) is 6.61. The van der Waals surface area contributed by atoms with Crippen molar-refractivity contribution in [1.29, 1.82) is 0 Å². The summed E-state index contributed by atoms with van der Waals surface area (Å²) < 4.78 is 5.27. The van der Waals surface area contributed by atoms with Crippen LogP contribution in [0, 0.1) is 6.92 Å². The van der Waals surface area contributed by atoms with Crippen LogP contribution in [0.5, 0.6) is 5.75 Å². The molecule has 1 heterocycles. The van der Waals surface area contributed by atoms with Crippen molar-refractivity contribution in [3.63, 3.8) is 0 Å². The Balaban J connectivity index is 2.14. The molecule has 2 aromatic rings. The highest BCUT2D eigenvalue weighted by Gasteiger charge is 1.98. The molecule has 0 spiro atoms. The molecule has 0 fully saturated rings. The Bertz CT molecular complexity index is 627. The van der Waals surface area contributed by atoms with E-state index in [0.29, 0.717) is 0 Å². The molecule has 0 aliphatic heterocycles. The Morgan fingerprint density at radius 3 is 2.70 bits per heavy atom. The van der Waals surface area contributed by atoms with Crippen molar-refractivity contribution in [3.05, 3.63) is 71.1 Å². The molecule has 0 atom stereocenters. The highest BCUT2D eigenvalue weighted by Crippen LogP contribution is 2.20. The molecule has 0 radical (unpaired) electrons. The summed E-state index contributed by atoms with van der Waals surface area (Å²) in [6.07, 6.45) is 8.03. The number of rotatable bonds is 4. The van der Waals surface area contributed by atoms with Crippen LogP contribution in [0.25, 0.3) is 12.2 Å². The Kier molecular flexibility index (Phi) is 4.72. The van der Waals surface area contributed by atoms with Crippen molar-refractivity contribution in [2.45, 2.75) is 13.8 Å². The quantitative estimate of drug-likeness (QED) is 0.758. The van der Waals surface area contributed by atoms with Crippen LogP contribution in [0.15, 0.2) is 54.2 Å². The average Bonchev–Trinajstić information content (AvgIpc) is 2.46. The van der Waals surface area contributed by atoms with Gasteiger partial charge in [0, 0.05) is 6.20 Å². The summed E-state index contributed by atoms with van der Waals surface area (Å²) in [5.41, 5.74) is 4.46. The maximum absolute atomic E-state index is 5.27. The first-order valence-corrected chi connectivity index (χ1v) is 6.61. The van der Waals surface area contributed by atoms with Gasteiger partial charge in [0.05, 0.1) is 12.8 Å². The van der Waals surface area contributed by atoms with E-state index in [1.54, 1.807) is 13.3 Å². The third-order valence-electron chi connectivity index (χ3n) is 3.02. The number of hydrogen-bond acceptors (Lipinski definition) is 2. The smallest absolute Gasteiger partial charge is 0.121 e. The van der Waals surface area contributed by atoms with Crippen molar-refractivity contribution in [2.75, 3.05) is 7.11 Å². The first kappa shape index (κ1) is 14.1. The van der Waals surface area contributed by atoms with Gasteiger partial charge < -0.3 is 4.74 Å². The molecule has 0 saturated heterocycles. The van der Waals surface area contributed by atoms with E-state index < -0.39 is 0 Å². The van der Waals surface area contributed by atoms with E-state index in [9.17, 15) is 0 Å². The lowest BCUT2D eigenvalue weighted by Gasteiger charge is -2.05. The molecular weight excluding hydrogens is 246 g/mol. The summed E-state index contributed by atoms with van der Waals surface area (Å²) in [6.45, 7) is 4.13. The fourth-order valence-electron chi connectivity index (χ4n) is 1.99. The Hall–Kier alpha value is -2.35. The Morgan fingerprint density at radius 1 is 1.20 bits per heavy atom. The molecule has 1 aromatic heterocycles. The summed E-state index contributed by atoms with van der Waals surface area (Å²) in [7, 11) is 1.69. The van der Waals surface area contributed by atoms with Gasteiger partial charge in [-0.25, -0.2) is 0 Å². The van der Waals surface area contributed by atoms with E-state index in [1.165, 1.54) is 11.1 Å². The van der Waals surface area contributed by atoms with Crippen molar-refractivity contribution < 1.29 is 4.74 Å². The van der Waals surface area contributed by atoms with Crippen LogP contribution in [0.2, 0.25) is 0 Å². The average molecular weight is 265 g/mol. The second-order valence-corrected chi connectivity index (χ2v) is 4.71. The molecule has 0 bridgehead atoms. The third-order valence-corrected chi connectivity index (χ3v) is 3.02. The molecule has 0 saturated carbocycles. The van der Waals surface area contributed by atoms with Gasteiger partial charge in [-0.15, -0.1) is 0 Å². The minimum atomic E-state index is 0.920. The minimum Gasteiger partial charge on any atom is -0.496 e. The molecule has 0 unspecified atom stereocenters. The zero-order valence-electron chi connectivity index (χ0n) is 12.1. The number of ether oxygens (including phenoxy) is 1. The predicted molar refractivity (Wildman–Crippen MR) is 84.7 cm³/mol. The summed E-state index contributed by atoms with van der Waals surface area (Å²) >= 11 is 0. The van der Waals surface area contributed by atoms with E-state index in [0.717, 1.165) is 17.0 Å². The van der Waals surface area contributed by atoms with Crippen LogP contribution in [-0.2, 0) is 0 Å². The molecule has 0 aliphatic rings. The van der Waals surface area contributed by atoms with Gasteiger partial charge >= 0.3 is 0 Å². The highest BCUT2D eigenvalue weighted by molar-refractivity contribution is 5.61. The van der Waals surface area contributed by atoms with Gasteiger partial charge in [-0.05, 0) is 55.3 Å². The number of hydrogen-bond donors (Lipinski definition) is 0. The normalized spacial score (nSPS) is 11.8. The standard InChI is InChI=1S/C18H19NO/c1-14(7-9-17-6-4-5-11-19-17)12-16-8-10-18(20-3)15(2)13-16/h4-13H,1-3H3/b9-7+,14-12+. The number of methoxy groups -OCH3 is 1. The van der Waals surface area contributed by atoms with E-state index in [-0.39, 0.29) is 0 Å². The van der Waals surface area contributed by atoms with Gasteiger partial charge in [0.1, 0.15) is 5.75 Å². The molecular formula is C18H19NO. The monoisotopic (exact) mass is 265 g/mol. The number of benzene rings is 1. The van der Waals surface area contributed by atoms with Crippen molar-refractivity contribution >= 4 is 12.2 Å². The maximum Gasteiger partial charge on any atom is 0.121 e. The SMILES string of the molecule is COc1ccc(/C=C(C)/C=C/c2ccccn2)cc1C. The summed E-state index contributed by atoms with van der Waals surface area (Å²) in [6, 6.07) is 12.1. The molecule has 0 N–H and O–H groups in total. The zero-order valence-corrected chi connectivity index (χ0v) is 12.1. The largest absolute Gasteiger partial charge is 0.496 e. The lowest BCUT2D eigenvalue weighted by Crippen LogP contribution is -1.87. The molecule has 20 heavy (non-hydrogen) atoms. The lowest BCUT2D eigenvalue weighted by atomic mass is 10.1. The minimum absolute atomic E-state index is 0.920. The summed E-state index contributed by atoms with van der Waals surface area (Å²) in [4.78, 5) is 4.26. The molecule has 2 rings (SSSR count). The van der Waals surface area contributed by atoms with Gasteiger partial charge in [0.2, 0.25) is 0 Å². The van der Waals surface area contributed by atoms with Crippen LogP contribution in [-0.4, -0.2) is 12.1 Å². The van der Waals surface area contributed by atoms with E-state index in [1.807, 2.05) is 30.3 Å². The molecule has 102 valence electrons.